The number of amides is 1. The van der Waals surface area contributed by atoms with Crippen LogP contribution in [0, 0.1) is 11.6 Å². The van der Waals surface area contributed by atoms with E-state index < -0.39 is 11.7 Å². The number of hydrogen-bond acceptors (Lipinski definition) is 4. The number of carbonyl (C=O) groups is 1. The number of hydrogen-bond donors (Lipinski definition) is 1. The van der Waals surface area contributed by atoms with Crippen LogP contribution >= 0.6 is 0 Å². The molecule has 162 valence electrons. The molecule has 1 amide bonds. The smallest absolute Gasteiger partial charge is 0.293 e. The topological polar surface area (TPSA) is 73.0 Å². The van der Waals surface area contributed by atoms with Crippen molar-refractivity contribution in [3.8, 4) is 22.8 Å². The lowest BCUT2D eigenvalue weighted by atomic mass is 10.1. The van der Waals surface area contributed by atoms with E-state index in [1.54, 1.807) is 30.6 Å². The van der Waals surface area contributed by atoms with Crippen LogP contribution in [0.1, 0.15) is 42.3 Å². The summed E-state index contributed by atoms with van der Waals surface area (Å²) in [6.07, 6.45) is 7.31. The normalized spacial score (nSPS) is 14.1. The molecule has 32 heavy (non-hydrogen) atoms. The first kappa shape index (κ1) is 20.1. The Balaban J connectivity index is 1.52. The standard InChI is InChI=1S/C24H20F2N4O2/c25-16-11-9-15(10-12-16)21-22(30(14-28-21)17-5-1-2-6-17)24-27-13-20(32-24)23(31)29-19-8-4-3-7-18(19)26/h3-4,7-14,17H,1-2,5-6H2,(H,29,31). The molecule has 5 rings (SSSR count). The van der Waals surface area contributed by atoms with Crippen molar-refractivity contribution < 1.29 is 18.0 Å². The number of benzene rings is 2. The van der Waals surface area contributed by atoms with Gasteiger partial charge in [0.1, 0.15) is 23.0 Å². The number of aromatic nitrogens is 3. The molecule has 1 aliphatic carbocycles. The van der Waals surface area contributed by atoms with Gasteiger partial charge in [-0.05, 0) is 49.2 Å². The molecule has 8 heteroatoms. The minimum absolute atomic E-state index is 0.0486. The van der Waals surface area contributed by atoms with Gasteiger partial charge in [-0.2, -0.15) is 0 Å². The van der Waals surface area contributed by atoms with E-state index in [2.05, 4.69) is 15.3 Å². The van der Waals surface area contributed by atoms with E-state index in [1.807, 2.05) is 4.57 Å². The molecular formula is C24H20F2N4O2. The number of carbonyl (C=O) groups excluding carboxylic acids is 1. The van der Waals surface area contributed by atoms with Gasteiger partial charge in [0, 0.05) is 11.6 Å². The van der Waals surface area contributed by atoms with Crippen LogP contribution in [0.4, 0.5) is 14.5 Å². The molecule has 0 saturated heterocycles. The van der Waals surface area contributed by atoms with Crippen LogP contribution in [0.2, 0.25) is 0 Å². The number of nitrogens with one attached hydrogen (secondary N) is 1. The van der Waals surface area contributed by atoms with Gasteiger partial charge in [0.25, 0.3) is 5.91 Å². The van der Waals surface area contributed by atoms with Gasteiger partial charge in [0.15, 0.2) is 0 Å². The number of nitrogens with zero attached hydrogens (tertiary/aromatic N) is 3. The Morgan fingerprint density at radius 3 is 2.53 bits per heavy atom. The number of para-hydroxylation sites is 1. The van der Waals surface area contributed by atoms with Crippen molar-refractivity contribution in [3.63, 3.8) is 0 Å². The lowest BCUT2D eigenvalue weighted by Crippen LogP contribution is -2.12. The summed E-state index contributed by atoms with van der Waals surface area (Å²) in [4.78, 5) is 21.5. The highest BCUT2D eigenvalue weighted by Gasteiger charge is 2.27. The summed E-state index contributed by atoms with van der Waals surface area (Å²) in [5.41, 5.74) is 2.00. The Morgan fingerprint density at radius 2 is 1.78 bits per heavy atom. The maximum Gasteiger partial charge on any atom is 0.293 e. The Kier molecular flexibility index (Phi) is 5.26. The quantitative estimate of drug-likeness (QED) is 0.428. The maximum absolute atomic E-state index is 13.9. The van der Waals surface area contributed by atoms with E-state index in [0.717, 1.165) is 25.7 Å². The predicted octanol–water partition coefficient (Wildman–Crippen LogP) is 5.85. The SMILES string of the molecule is O=C(Nc1ccccc1F)c1cnc(-c2c(-c3ccc(F)cc3)ncn2C2CCCC2)o1. The number of oxazole rings is 1. The molecule has 0 aliphatic heterocycles. The average molecular weight is 434 g/mol. The Hall–Kier alpha value is -3.81. The zero-order valence-corrected chi connectivity index (χ0v) is 17.1. The number of anilines is 1. The fourth-order valence-corrected chi connectivity index (χ4v) is 4.09. The Morgan fingerprint density at radius 1 is 1.03 bits per heavy atom. The van der Waals surface area contributed by atoms with Gasteiger partial charge in [0.2, 0.25) is 11.7 Å². The van der Waals surface area contributed by atoms with Crippen LogP contribution in [0.15, 0.2) is 65.5 Å². The van der Waals surface area contributed by atoms with Crippen molar-refractivity contribution in [1.29, 1.82) is 0 Å². The minimum Gasteiger partial charge on any atom is -0.429 e. The first-order chi connectivity index (χ1) is 15.6. The van der Waals surface area contributed by atoms with Crippen molar-refractivity contribution in [1.82, 2.24) is 14.5 Å². The third-order valence-corrected chi connectivity index (χ3v) is 5.68. The molecule has 1 fully saturated rings. The average Bonchev–Trinajstić information content (AvgIpc) is 3.55. The van der Waals surface area contributed by atoms with Crippen molar-refractivity contribution >= 4 is 11.6 Å². The highest BCUT2D eigenvalue weighted by Crippen LogP contribution is 2.38. The molecule has 2 aromatic carbocycles. The fraction of sp³-hybridized carbons (Fsp3) is 0.208. The lowest BCUT2D eigenvalue weighted by molar-refractivity contribution is 0.0997. The van der Waals surface area contributed by atoms with Crippen LogP contribution in [0.3, 0.4) is 0 Å². The molecule has 0 atom stereocenters. The van der Waals surface area contributed by atoms with E-state index in [1.165, 1.54) is 30.5 Å². The van der Waals surface area contributed by atoms with Gasteiger partial charge in [0.05, 0.1) is 18.2 Å². The van der Waals surface area contributed by atoms with Gasteiger partial charge < -0.3 is 14.3 Å². The van der Waals surface area contributed by atoms with Gasteiger partial charge in [-0.15, -0.1) is 0 Å². The molecule has 4 aromatic rings. The number of halogens is 2. The lowest BCUT2D eigenvalue weighted by Gasteiger charge is -2.14. The zero-order chi connectivity index (χ0) is 22.1. The summed E-state index contributed by atoms with van der Waals surface area (Å²) in [7, 11) is 0. The van der Waals surface area contributed by atoms with E-state index in [0.29, 0.717) is 17.0 Å². The van der Waals surface area contributed by atoms with Crippen LogP contribution in [0.5, 0.6) is 0 Å². The molecular weight excluding hydrogens is 414 g/mol. The second-order valence-corrected chi connectivity index (χ2v) is 7.76. The van der Waals surface area contributed by atoms with Crippen molar-refractivity contribution in [2.45, 2.75) is 31.7 Å². The van der Waals surface area contributed by atoms with E-state index in [4.69, 9.17) is 4.42 Å². The summed E-state index contributed by atoms with van der Waals surface area (Å²) in [6.45, 7) is 0. The van der Waals surface area contributed by atoms with E-state index in [9.17, 15) is 13.6 Å². The molecule has 1 aliphatic rings. The molecule has 0 spiro atoms. The molecule has 0 bridgehead atoms. The van der Waals surface area contributed by atoms with Gasteiger partial charge >= 0.3 is 0 Å². The molecule has 0 radical (unpaired) electrons. The monoisotopic (exact) mass is 434 g/mol. The fourth-order valence-electron chi connectivity index (χ4n) is 4.09. The summed E-state index contributed by atoms with van der Waals surface area (Å²) < 4.78 is 35.2. The molecule has 0 unspecified atom stereocenters. The van der Waals surface area contributed by atoms with Crippen LogP contribution in [-0.2, 0) is 0 Å². The third kappa shape index (κ3) is 3.79. The van der Waals surface area contributed by atoms with Crippen LogP contribution in [0.25, 0.3) is 22.8 Å². The van der Waals surface area contributed by atoms with Gasteiger partial charge in [-0.1, -0.05) is 25.0 Å². The summed E-state index contributed by atoms with van der Waals surface area (Å²) in [5.74, 6) is -1.31. The van der Waals surface area contributed by atoms with Crippen LogP contribution < -0.4 is 5.32 Å². The van der Waals surface area contributed by atoms with E-state index >= 15 is 0 Å². The van der Waals surface area contributed by atoms with Crippen molar-refractivity contribution in [2.75, 3.05) is 5.32 Å². The summed E-state index contributed by atoms with van der Waals surface area (Å²) in [6, 6.07) is 12.2. The molecule has 1 saturated carbocycles. The molecule has 2 heterocycles. The maximum atomic E-state index is 13.9. The minimum atomic E-state index is -0.607. The second kappa shape index (κ2) is 8.37. The number of imidazole rings is 1. The first-order valence-electron chi connectivity index (χ1n) is 10.4. The van der Waals surface area contributed by atoms with Gasteiger partial charge in [-0.25, -0.2) is 18.7 Å². The highest BCUT2D eigenvalue weighted by molar-refractivity contribution is 6.02. The largest absolute Gasteiger partial charge is 0.429 e. The van der Waals surface area contributed by atoms with Crippen molar-refractivity contribution in [2.24, 2.45) is 0 Å². The Labute approximate surface area is 182 Å². The predicted molar refractivity (Wildman–Crippen MR) is 115 cm³/mol. The third-order valence-electron chi connectivity index (χ3n) is 5.68. The van der Waals surface area contributed by atoms with Gasteiger partial charge in [-0.3, -0.25) is 4.79 Å². The highest BCUT2D eigenvalue weighted by atomic mass is 19.1. The van der Waals surface area contributed by atoms with E-state index in [-0.39, 0.29) is 29.2 Å². The summed E-state index contributed by atoms with van der Waals surface area (Å²) in [5, 5.41) is 2.50. The molecule has 2 aromatic heterocycles. The van der Waals surface area contributed by atoms with Crippen molar-refractivity contribution in [3.05, 3.63) is 78.4 Å². The second-order valence-electron chi connectivity index (χ2n) is 7.76. The summed E-state index contributed by atoms with van der Waals surface area (Å²) >= 11 is 0. The first-order valence-corrected chi connectivity index (χ1v) is 10.4. The Bertz CT molecular complexity index is 1260. The number of rotatable bonds is 5. The molecule has 6 nitrogen and oxygen atoms in total. The molecule has 1 N–H and O–H groups in total. The van der Waals surface area contributed by atoms with Crippen LogP contribution in [-0.4, -0.2) is 20.4 Å². The zero-order valence-electron chi connectivity index (χ0n) is 17.1.